The lowest BCUT2D eigenvalue weighted by Crippen LogP contribution is -2.37. The smallest absolute Gasteiger partial charge is 0.271 e. The molecule has 4 aromatic rings. The van der Waals surface area contributed by atoms with Crippen molar-refractivity contribution in [2.45, 2.75) is 6.92 Å². The summed E-state index contributed by atoms with van der Waals surface area (Å²) >= 11 is 0. The lowest BCUT2D eigenvalue weighted by Gasteiger charge is -2.32. The van der Waals surface area contributed by atoms with Crippen molar-refractivity contribution in [2.24, 2.45) is 4.99 Å². The second-order valence-electron chi connectivity index (χ2n) is 9.11. The van der Waals surface area contributed by atoms with Crippen LogP contribution in [0.4, 0.5) is 17.1 Å². The van der Waals surface area contributed by atoms with Gasteiger partial charge in [0.25, 0.3) is 5.91 Å². The molecule has 0 aliphatic carbocycles. The van der Waals surface area contributed by atoms with E-state index in [1.165, 1.54) is 22.1 Å². The first-order chi connectivity index (χ1) is 17.7. The summed E-state index contributed by atoms with van der Waals surface area (Å²) in [7, 11) is 3.64. The van der Waals surface area contributed by atoms with Crippen molar-refractivity contribution in [1.82, 2.24) is 4.90 Å². The lowest BCUT2D eigenvalue weighted by atomic mass is 9.90. The van der Waals surface area contributed by atoms with E-state index in [9.17, 15) is 4.79 Å². The topological polar surface area (TPSA) is 35.9 Å². The van der Waals surface area contributed by atoms with Crippen LogP contribution in [0.1, 0.15) is 23.6 Å². The molecule has 0 N–H and O–H groups in total. The van der Waals surface area contributed by atoms with Gasteiger partial charge in [-0.2, -0.15) is 0 Å². The van der Waals surface area contributed by atoms with Crippen LogP contribution in [0.5, 0.6) is 0 Å². The summed E-state index contributed by atoms with van der Waals surface area (Å²) in [5.74, 6) is 0.0207. The minimum Gasteiger partial charge on any atom is -0.344 e. The molecule has 0 saturated carbocycles. The van der Waals surface area contributed by atoms with Gasteiger partial charge >= 0.3 is 0 Å². The molecule has 0 saturated heterocycles. The zero-order valence-electron chi connectivity index (χ0n) is 20.0. The minimum absolute atomic E-state index is 0.0207. The Morgan fingerprint density at radius 1 is 0.833 bits per heavy atom. The van der Waals surface area contributed by atoms with Crippen LogP contribution >= 0.6 is 10.9 Å². The van der Waals surface area contributed by atoms with Gasteiger partial charge in [0, 0.05) is 47.0 Å². The van der Waals surface area contributed by atoms with Gasteiger partial charge in [-0.1, -0.05) is 66.7 Å². The van der Waals surface area contributed by atoms with Gasteiger partial charge in [0.2, 0.25) is 0 Å². The van der Waals surface area contributed by atoms with Crippen molar-refractivity contribution < 1.29 is 4.79 Å². The third-order valence-corrected chi connectivity index (χ3v) is 8.31. The molecule has 7 rings (SSSR count). The third kappa shape index (κ3) is 2.93. The first-order valence-electron chi connectivity index (χ1n) is 12.1. The molecule has 3 heterocycles. The number of hydrogen-bond acceptors (Lipinski definition) is 3. The molecule has 1 amide bonds. The summed E-state index contributed by atoms with van der Waals surface area (Å²) in [5.41, 5.74) is 8.55. The van der Waals surface area contributed by atoms with Gasteiger partial charge in [0.05, 0.1) is 16.4 Å². The Kier molecular flexibility index (Phi) is 4.63. The van der Waals surface area contributed by atoms with E-state index in [-0.39, 0.29) is 5.91 Å². The number of para-hydroxylation sites is 2. The van der Waals surface area contributed by atoms with Gasteiger partial charge in [-0.05, 0) is 42.2 Å². The van der Waals surface area contributed by atoms with Gasteiger partial charge < -0.3 is 4.90 Å². The molecule has 5 heteroatoms. The van der Waals surface area contributed by atoms with E-state index in [1.807, 2.05) is 30.0 Å². The standard InChI is InChI=1S/C31H23N3OS/c1-3-34-27(18-23-20-12-4-6-16-25(20)33(2)26-17-7-5-13-21(23)26)36-30(31(34)35)29-22-14-8-10-19-11-9-15-24(32-29)28(19)22/h4-18H,3H2,1-2H3. The monoisotopic (exact) mass is 485 g/mol. The van der Waals surface area contributed by atoms with Crippen molar-refractivity contribution in [2.75, 3.05) is 18.5 Å². The van der Waals surface area contributed by atoms with Crippen LogP contribution in [0, 0.1) is 0 Å². The van der Waals surface area contributed by atoms with E-state index in [4.69, 9.17) is 4.99 Å². The highest BCUT2D eigenvalue weighted by atomic mass is 32.1. The Hall–Kier alpha value is -4.22. The maximum absolute atomic E-state index is 13.7. The molecule has 0 radical (unpaired) electrons. The van der Waals surface area contributed by atoms with Crippen LogP contribution in [0.3, 0.4) is 0 Å². The van der Waals surface area contributed by atoms with Gasteiger partial charge in [-0.3, -0.25) is 9.69 Å². The number of carbonyl (C=O) groups is 1. The predicted octanol–water partition coefficient (Wildman–Crippen LogP) is 6.38. The van der Waals surface area contributed by atoms with Crippen molar-refractivity contribution >= 4 is 65.8 Å². The summed E-state index contributed by atoms with van der Waals surface area (Å²) in [6, 6.07) is 29.3. The fourth-order valence-corrected chi connectivity index (χ4v) is 6.65. The average Bonchev–Trinajstić information content (AvgIpc) is 3.44. The fourth-order valence-electron chi connectivity index (χ4n) is 5.49. The molecule has 0 aromatic heterocycles. The lowest BCUT2D eigenvalue weighted by molar-refractivity contribution is -0.119. The third-order valence-electron chi connectivity index (χ3n) is 7.19. The van der Waals surface area contributed by atoms with Crippen molar-refractivity contribution in [3.05, 3.63) is 108 Å². The number of hydrogen-bond donors (Lipinski definition) is 0. The molecule has 0 unspecified atom stereocenters. The molecule has 0 spiro atoms. The first-order valence-corrected chi connectivity index (χ1v) is 13.0. The fraction of sp³-hybridized carbons (Fsp3) is 0.0968. The highest BCUT2D eigenvalue weighted by Gasteiger charge is 2.33. The number of nitrogens with zero attached hydrogens (tertiary/aromatic N) is 3. The van der Waals surface area contributed by atoms with Crippen molar-refractivity contribution in [3.63, 3.8) is 0 Å². The Bertz CT molecular complexity index is 1700. The normalized spacial score (nSPS) is 15.8. The average molecular weight is 486 g/mol. The second kappa shape index (κ2) is 7.90. The first kappa shape index (κ1) is 21.1. The number of carbonyl (C=O) groups excluding carboxylic acids is 1. The molecule has 3 aliphatic heterocycles. The largest absolute Gasteiger partial charge is 0.344 e. The van der Waals surface area contributed by atoms with Crippen LogP contribution in [0.2, 0.25) is 0 Å². The highest BCUT2D eigenvalue weighted by molar-refractivity contribution is 8.02. The number of anilines is 2. The molecule has 4 aromatic carbocycles. The number of rotatable bonds is 3. The maximum Gasteiger partial charge on any atom is 0.271 e. The zero-order valence-corrected chi connectivity index (χ0v) is 20.8. The van der Waals surface area contributed by atoms with Crippen molar-refractivity contribution in [1.29, 1.82) is 0 Å². The minimum atomic E-state index is 0.0207. The molecule has 36 heavy (non-hydrogen) atoms. The van der Waals surface area contributed by atoms with E-state index >= 15 is 0 Å². The van der Waals surface area contributed by atoms with E-state index in [1.54, 1.807) is 0 Å². The van der Waals surface area contributed by atoms with Crippen LogP contribution < -0.4 is 4.90 Å². The number of fused-ring (bicyclic) bond motifs is 2. The number of benzene rings is 4. The Labute approximate surface area is 213 Å². The second-order valence-corrected chi connectivity index (χ2v) is 10.1. The van der Waals surface area contributed by atoms with Gasteiger partial charge in [-0.15, -0.1) is 10.9 Å². The quantitative estimate of drug-likeness (QED) is 0.249. The predicted molar refractivity (Wildman–Crippen MR) is 153 cm³/mol. The Balaban J connectivity index is 1.44. The molecule has 4 nitrogen and oxygen atoms in total. The molecule has 0 fully saturated rings. The summed E-state index contributed by atoms with van der Waals surface area (Å²) < 4.78 is 0. The summed E-state index contributed by atoms with van der Waals surface area (Å²) in [4.78, 5) is 24.4. The summed E-state index contributed by atoms with van der Waals surface area (Å²) in [5, 5.41) is 2.28. The van der Waals surface area contributed by atoms with E-state index in [2.05, 4.69) is 84.8 Å². The molecule has 0 atom stereocenters. The van der Waals surface area contributed by atoms with Gasteiger partial charge in [0.1, 0.15) is 4.86 Å². The van der Waals surface area contributed by atoms with E-state index < -0.39 is 0 Å². The van der Waals surface area contributed by atoms with Crippen LogP contribution in [0.25, 0.3) is 16.3 Å². The zero-order chi connectivity index (χ0) is 24.4. The Morgan fingerprint density at radius 2 is 1.47 bits per heavy atom. The number of likely N-dealkylation sites (N-methyl/N-ethyl adjacent to an activating group) is 1. The van der Waals surface area contributed by atoms with Crippen molar-refractivity contribution in [3.8, 4) is 0 Å². The van der Waals surface area contributed by atoms with Gasteiger partial charge in [-0.25, -0.2) is 4.99 Å². The van der Waals surface area contributed by atoms with E-state index in [0.717, 1.165) is 49.7 Å². The Morgan fingerprint density at radius 3 is 2.17 bits per heavy atom. The summed E-state index contributed by atoms with van der Waals surface area (Å²) in [6.07, 6.45) is 2.19. The van der Waals surface area contributed by atoms with Gasteiger partial charge in [0.15, 0.2) is 0 Å². The van der Waals surface area contributed by atoms with E-state index in [0.29, 0.717) is 11.4 Å². The molecular weight excluding hydrogens is 462 g/mol. The molecule has 174 valence electrons. The SMILES string of the molecule is CCN1C(=O)C(C2=Nc3cccc4cccc2c34)=S=C1C=C1c2ccccc2N(C)c2ccccc21. The van der Waals surface area contributed by atoms with Crippen LogP contribution in [-0.2, 0) is 4.79 Å². The maximum atomic E-state index is 13.7. The molecule has 0 bridgehead atoms. The summed E-state index contributed by atoms with van der Waals surface area (Å²) in [6.45, 7) is 2.63. The van der Waals surface area contributed by atoms with Crippen LogP contribution in [0.15, 0.2) is 96.0 Å². The van der Waals surface area contributed by atoms with Crippen LogP contribution in [-0.4, -0.2) is 40.0 Å². The molecule has 3 aliphatic rings. The number of aliphatic imine (C=N–C) groups is 1. The number of amides is 1. The highest BCUT2D eigenvalue weighted by Crippen LogP contribution is 2.44. The molecular formula is C31H23N3OS.